The Morgan fingerprint density at radius 1 is 0.700 bits per heavy atom. The molecule has 2 aromatic rings. The van der Waals surface area contributed by atoms with Crippen LogP contribution in [-0.2, 0) is 4.79 Å². The highest BCUT2D eigenvalue weighted by Gasteiger charge is 2.26. The van der Waals surface area contributed by atoms with Crippen LogP contribution in [0.3, 0.4) is 0 Å². The van der Waals surface area contributed by atoms with Crippen LogP contribution >= 0.6 is 0 Å². The van der Waals surface area contributed by atoms with E-state index in [0.717, 1.165) is 11.1 Å². The van der Waals surface area contributed by atoms with E-state index in [1.54, 1.807) is 28.4 Å². The van der Waals surface area contributed by atoms with Crippen LogP contribution in [0.25, 0.3) is 12.2 Å². The van der Waals surface area contributed by atoms with Gasteiger partial charge in [0.15, 0.2) is 5.78 Å². The molecule has 2 aromatic carbocycles. The Hall–Kier alpha value is -3.25. The van der Waals surface area contributed by atoms with Gasteiger partial charge in [0.05, 0.1) is 39.6 Å². The van der Waals surface area contributed by atoms with Crippen LogP contribution in [0.1, 0.15) is 11.1 Å². The van der Waals surface area contributed by atoms with E-state index < -0.39 is 0 Å². The molecule has 0 amide bonds. The van der Waals surface area contributed by atoms with Gasteiger partial charge in [-0.2, -0.15) is 0 Å². The molecule has 6 heteroatoms. The van der Waals surface area contributed by atoms with Crippen molar-refractivity contribution in [3.8, 4) is 23.0 Å². The fraction of sp³-hybridized carbons (Fsp3) is 0.292. The maximum Gasteiger partial charge on any atom is 0.187 e. The average Bonchev–Trinajstić information content (AvgIpc) is 2.76. The topological polar surface area (TPSA) is 57.2 Å². The number of ether oxygens (including phenoxy) is 4. The predicted octanol–water partition coefficient (Wildman–Crippen LogP) is 3.70. The van der Waals surface area contributed by atoms with Gasteiger partial charge in [-0.15, -0.1) is 0 Å². The Morgan fingerprint density at radius 2 is 1.03 bits per heavy atom. The van der Waals surface area contributed by atoms with E-state index in [9.17, 15) is 4.79 Å². The average molecular weight is 409 g/mol. The first-order chi connectivity index (χ1) is 14.5. The highest BCUT2D eigenvalue weighted by Crippen LogP contribution is 2.34. The van der Waals surface area contributed by atoms with Gasteiger partial charge < -0.3 is 18.9 Å². The van der Waals surface area contributed by atoms with Crippen molar-refractivity contribution in [1.29, 1.82) is 0 Å². The van der Waals surface area contributed by atoms with Crippen molar-refractivity contribution >= 4 is 17.9 Å². The van der Waals surface area contributed by atoms with Crippen LogP contribution in [0.2, 0.25) is 0 Å². The molecule has 0 saturated carbocycles. The molecule has 0 atom stereocenters. The quantitative estimate of drug-likeness (QED) is 0.678. The second-order valence-electron chi connectivity index (χ2n) is 6.99. The van der Waals surface area contributed by atoms with E-state index in [4.69, 9.17) is 18.9 Å². The second kappa shape index (κ2) is 9.50. The largest absolute Gasteiger partial charge is 0.496 e. The van der Waals surface area contributed by atoms with Gasteiger partial charge in [0.25, 0.3) is 0 Å². The molecular formula is C24H27NO5. The highest BCUT2D eigenvalue weighted by molar-refractivity contribution is 6.15. The van der Waals surface area contributed by atoms with Crippen LogP contribution in [0.5, 0.6) is 23.0 Å². The maximum atomic E-state index is 13.4. The summed E-state index contributed by atoms with van der Waals surface area (Å²) in [5, 5.41) is 0. The van der Waals surface area contributed by atoms with Crippen molar-refractivity contribution in [3.63, 3.8) is 0 Å². The number of likely N-dealkylation sites (tertiary alicyclic amines) is 1. The summed E-state index contributed by atoms with van der Waals surface area (Å²) in [7, 11) is 8.39. The number of piperidine rings is 1. The van der Waals surface area contributed by atoms with Crippen LogP contribution in [0, 0.1) is 0 Å². The number of benzene rings is 2. The molecule has 1 fully saturated rings. The minimum absolute atomic E-state index is 0.0194. The number of carbonyl (C=O) groups is 1. The lowest BCUT2D eigenvalue weighted by Gasteiger charge is -2.26. The fourth-order valence-electron chi connectivity index (χ4n) is 3.60. The van der Waals surface area contributed by atoms with Crippen molar-refractivity contribution in [3.05, 3.63) is 58.7 Å². The number of likely N-dealkylation sites (N-methyl/N-ethyl adjacent to an activating group) is 1. The van der Waals surface area contributed by atoms with Crippen molar-refractivity contribution in [2.24, 2.45) is 0 Å². The van der Waals surface area contributed by atoms with E-state index in [1.807, 2.05) is 55.6 Å². The SMILES string of the molecule is COc1cccc(OC)c1/C=C1\CN(C)C/C(=C\c2c(OC)cccc2OC)C1=O. The Bertz CT molecular complexity index is 871. The van der Waals surface area contributed by atoms with Gasteiger partial charge in [-0.3, -0.25) is 9.69 Å². The van der Waals surface area contributed by atoms with Gasteiger partial charge in [0.1, 0.15) is 23.0 Å². The summed E-state index contributed by atoms with van der Waals surface area (Å²) >= 11 is 0. The minimum atomic E-state index is -0.0194. The fourth-order valence-corrected chi connectivity index (χ4v) is 3.60. The summed E-state index contributed by atoms with van der Waals surface area (Å²) in [6.07, 6.45) is 3.70. The standard InChI is InChI=1S/C24H27NO5/c1-25-14-16(12-18-20(27-2)8-6-9-21(18)28-3)24(26)17(15-25)13-19-22(29-4)10-7-11-23(19)30-5/h6-13H,14-15H2,1-5H3/b16-12+,17-13+. The number of methoxy groups -OCH3 is 4. The number of ketones is 1. The molecule has 0 bridgehead atoms. The molecule has 1 aliphatic rings. The lowest BCUT2D eigenvalue weighted by Crippen LogP contribution is -2.34. The molecule has 6 nitrogen and oxygen atoms in total. The molecule has 30 heavy (non-hydrogen) atoms. The summed E-state index contributed by atoms with van der Waals surface area (Å²) in [6, 6.07) is 11.1. The molecule has 1 heterocycles. The number of hydrogen-bond acceptors (Lipinski definition) is 6. The van der Waals surface area contributed by atoms with Crippen LogP contribution < -0.4 is 18.9 Å². The van der Waals surface area contributed by atoms with Crippen LogP contribution in [0.4, 0.5) is 0 Å². The molecule has 0 spiro atoms. The number of hydrogen-bond donors (Lipinski definition) is 0. The predicted molar refractivity (Wildman–Crippen MR) is 118 cm³/mol. The molecule has 0 radical (unpaired) electrons. The van der Waals surface area contributed by atoms with Gasteiger partial charge in [-0.25, -0.2) is 0 Å². The smallest absolute Gasteiger partial charge is 0.187 e. The summed E-state index contributed by atoms with van der Waals surface area (Å²) in [5.74, 6) is 2.59. The van der Waals surface area contributed by atoms with E-state index in [2.05, 4.69) is 4.90 Å². The Morgan fingerprint density at radius 3 is 1.33 bits per heavy atom. The van der Waals surface area contributed by atoms with Gasteiger partial charge in [0, 0.05) is 24.2 Å². The zero-order chi connectivity index (χ0) is 21.7. The zero-order valence-corrected chi connectivity index (χ0v) is 18.0. The van der Waals surface area contributed by atoms with Crippen molar-refractivity contribution in [2.45, 2.75) is 0 Å². The number of Topliss-reactive ketones (excluding diaryl/α,β-unsaturated/α-hetero) is 1. The molecule has 0 aliphatic carbocycles. The zero-order valence-electron chi connectivity index (χ0n) is 18.0. The summed E-state index contributed by atoms with van der Waals surface area (Å²) in [4.78, 5) is 15.4. The van der Waals surface area contributed by atoms with Gasteiger partial charge in [-0.05, 0) is 43.5 Å². The van der Waals surface area contributed by atoms with Gasteiger partial charge in [0.2, 0.25) is 0 Å². The molecule has 0 N–H and O–H groups in total. The molecule has 3 rings (SSSR count). The highest BCUT2D eigenvalue weighted by atomic mass is 16.5. The summed E-state index contributed by atoms with van der Waals surface area (Å²) < 4.78 is 21.9. The second-order valence-corrected chi connectivity index (χ2v) is 6.99. The molecule has 1 saturated heterocycles. The van der Waals surface area contributed by atoms with Crippen molar-refractivity contribution in [1.82, 2.24) is 4.90 Å². The van der Waals surface area contributed by atoms with E-state index in [0.29, 0.717) is 47.2 Å². The van der Waals surface area contributed by atoms with Crippen LogP contribution in [0.15, 0.2) is 47.5 Å². The lowest BCUT2D eigenvalue weighted by atomic mass is 9.94. The first-order valence-electron chi connectivity index (χ1n) is 9.58. The molecule has 158 valence electrons. The van der Waals surface area contributed by atoms with Gasteiger partial charge >= 0.3 is 0 Å². The van der Waals surface area contributed by atoms with Crippen LogP contribution in [-0.4, -0.2) is 59.3 Å². The molecule has 0 aromatic heterocycles. The molecule has 1 aliphatic heterocycles. The number of carbonyl (C=O) groups excluding carboxylic acids is 1. The van der Waals surface area contributed by atoms with E-state index in [-0.39, 0.29) is 5.78 Å². The molecule has 0 unspecified atom stereocenters. The van der Waals surface area contributed by atoms with E-state index in [1.165, 1.54) is 0 Å². The normalized spacial score (nSPS) is 17.3. The Kier molecular flexibility index (Phi) is 6.79. The summed E-state index contributed by atoms with van der Waals surface area (Å²) in [6.45, 7) is 1.06. The minimum Gasteiger partial charge on any atom is -0.496 e. The first kappa shape index (κ1) is 21.5. The molecular weight excluding hydrogens is 382 g/mol. The van der Waals surface area contributed by atoms with E-state index >= 15 is 0 Å². The van der Waals surface area contributed by atoms with Crippen molar-refractivity contribution < 1.29 is 23.7 Å². The Labute approximate surface area is 177 Å². The Balaban J connectivity index is 2.08. The number of nitrogens with zero attached hydrogens (tertiary/aromatic N) is 1. The monoisotopic (exact) mass is 409 g/mol. The third kappa shape index (κ3) is 4.33. The number of rotatable bonds is 6. The first-order valence-corrected chi connectivity index (χ1v) is 9.58. The van der Waals surface area contributed by atoms with Crippen molar-refractivity contribution in [2.75, 3.05) is 48.6 Å². The maximum absolute atomic E-state index is 13.4. The third-order valence-electron chi connectivity index (χ3n) is 5.03. The third-order valence-corrected chi connectivity index (χ3v) is 5.03. The lowest BCUT2D eigenvalue weighted by molar-refractivity contribution is -0.113. The summed E-state index contributed by atoms with van der Waals surface area (Å²) in [5.41, 5.74) is 2.81. The van der Waals surface area contributed by atoms with Gasteiger partial charge in [-0.1, -0.05) is 12.1 Å².